The van der Waals surface area contributed by atoms with Crippen LogP contribution in [0.2, 0.25) is 0 Å². The average molecular weight is 179 g/mol. The Hall–Kier alpha value is -1.09. The minimum atomic E-state index is 0.212. The van der Waals surface area contributed by atoms with Crippen LogP contribution in [0.3, 0.4) is 0 Å². The third-order valence-electron chi connectivity index (χ3n) is 2.14. The van der Waals surface area contributed by atoms with E-state index in [0.717, 1.165) is 25.6 Å². The predicted molar refractivity (Wildman–Crippen MR) is 48.7 cm³/mol. The molecular weight excluding hydrogens is 166 g/mol. The van der Waals surface area contributed by atoms with Crippen LogP contribution in [0.1, 0.15) is 6.92 Å². The smallest absolute Gasteiger partial charge is 0.122 e. The van der Waals surface area contributed by atoms with Crippen molar-refractivity contribution >= 4 is 0 Å². The fourth-order valence-corrected chi connectivity index (χ4v) is 1.23. The third-order valence-corrected chi connectivity index (χ3v) is 2.14. The van der Waals surface area contributed by atoms with Gasteiger partial charge in [0.1, 0.15) is 5.75 Å². The molecule has 0 bridgehead atoms. The third kappa shape index (κ3) is 1.98. The summed E-state index contributed by atoms with van der Waals surface area (Å²) in [5.74, 6) is 0.878. The van der Waals surface area contributed by atoms with Crippen LogP contribution in [0.15, 0.2) is 24.5 Å². The zero-order chi connectivity index (χ0) is 9.15. The number of hydrogen-bond donors (Lipinski definition) is 0. The molecule has 1 aromatic rings. The monoisotopic (exact) mass is 179 g/mol. The van der Waals surface area contributed by atoms with Crippen LogP contribution in [-0.4, -0.2) is 24.8 Å². The minimum Gasteiger partial charge on any atom is -0.493 e. The Morgan fingerprint density at radius 3 is 2.69 bits per heavy atom. The van der Waals surface area contributed by atoms with Gasteiger partial charge in [0.15, 0.2) is 0 Å². The predicted octanol–water partition coefficient (Wildman–Crippen LogP) is 1.50. The Bertz CT molecular complexity index is 270. The van der Waals surface area contributed by atoms with Crippen molar-refractivity contribution in [3.63, 3.8) is 0 Å². The molecule has 0 spiro atoms. The molecule has 3 nitrogen and oxygen atoms in total. The molecule has 70 valence electrons. The normalized spacial score (nSPS) is 19.2. The first-order valence-corrected chi connectivity index (χ1v) is 4.39. The van der Waals surface area contributed by atoms with E-state index >= 15 is 0 Å². The molecule has 1 saturated heterocycles. The summed E-state index contributed by atoms with van der Waals surface area (Å²) in [6, 6.07) is 3.73. The van der Waals surface area contributed by atoms with Crippen LogP contribution < -0.4 is 4.74 Å². The minimum absolute atomic E-state index is 0.212. The Kier molecular flexibility index (Phi) is 2.19. The average Bonchev–Trinajstić information content (AvgIpc) is 2.13. The molecule has 1 aromatic heterocycles. The summed E-state index contributed by atoms with van der Waals surface area (Å²) < 4.78 is 10.7. The molecule has 0 aliphatic carbocycles. The van der Waals surface area contributed by atoms with Gasteiger partial charge in [0.2, 0.25) is 0 Å². The van der Waals surface area contributed by atoms with Gasteiger partial charge in [-0.1, -0.05) is 6.92 Å². The van der Waals surface area contributed by atoms with Crippen molar-refractivity contribution in [3.05, 3.63) is 24.5 Å². The lowest BCUT2D eigenvalue weighted by Gasteiger charge is -2.37. The van der Waals surface area contributed by atoms with Gasteiger partial charge >= 0.3 is 0 Å². The molecular formula is C10H13NO2. The molecule has 1 fully saturated rings. The van der Waals surface area contributed by atoms with Crippen molar-refractivity contribution in [1.82, 2.24) is 4.98 Å². The number of aromatic nitrogens is 1. The summed E-state index contributed by atoms with van der Waals surface area (Å²) >= 11 is 0. The van der Waals surface area contributed by atoms with Gasteiger partial charge in [-0.3, -0.25) is 4.98 Å². The molecule has 0 aromatic carbocycles. The Balaban J connectivity index is 1.86. The second-order valence-electron chi connectivity index (χ2n) is 3.78. The SMILES string of the molecule is CC1(COc2ccncc2)COC1. The number of rotatable bonds is 3. The van der Waals surface area contributed by atoms with Gasteiger partial charge in [0.25, 0.3) is 0 Å². The molecule has 0 amide bonds. The molecule has 2 heterocycles. The van der Waals surface area contributed by atoms with Gasteiger partial charge in [0, 0.05) is 17.8 Å². The van der Waals surface area contributed by atoms with Gasteiger partial charge in [-0.2, -0.15) is 0 Å². The maximum absolute atomic E-state index is 5.59. The van der Waals surface area contributed by atoms with Crippen LogP contribution in [-0.2, 0) is 4.74 Å². The Morgan fingerprint density at radius 1 is 1.46 bits per heavy atom. The molecule has 0 radical (unpaired) electrons. The van der Waals surface area contributed by atoms with E-state index in [2.05, 4.69) is 11.9 Å². The molecule has 3 heteroatoms. The molecule has 1 aliphatic heterocycles. The van der Waals surface area contributed by atoms with Gasteiger partial charge in [-0.25, -0.2) is 0 Å². The highest BCUT2D eigenvalue weighted by Gasteiger charge is 2.34. The van der Waals surface area contributed by atoms with Gasteiger partial charge in [-0.15, -0.1) is 0 Å². The molecule has 2 rings (SSSR count). The topological polar surface area (TPSA) is 31.4 Å². The lowest BCUT2D eigenvalue weighted by Crippen LogP contribution is -2.44. The first kappa shape index (κ1) is 8.51. The lowest BCUT2D eigenvalue weighted by atomic mass is 9.90. The fourth-order valence-electron chi connectivity index (χ4n) is 1.23. The van der Waals surface area contributed by atoms with E-state index in [1.807, 2.05) is 12.1 Å². The van der Waals surface area contributed by atoms with Crippen molar-refractivity contribution in [2.24, 2.45) is 5.41 Å². The van der Waals surface area contributed by atoms with Crippen LogP contribution in [0.5, 0.6) is 5.75 Å². The summed E-state index contributed by atoms with van der Waals surface area (Å²) in [6.07, 6.45) is 3.46. The Labute approximate surface area is 77.7 Å². The summed E-state index contributed by atoms with van der Waals surface area (Å²) in [4.78, 5) is 3.92. The molecule has 13 heavy (non-hydrogen) atoms. The summed E-state index contributed by atoms with van der Waals surface area (Å²) in [5.41, 5.74) is 0.212. The number of nitrogens with zero attached hydrogens (tertiary/aromatic N) is 1. The van der Waals surface area contributed by atoms with Crippen molar-refractivity contribution in [1.29, 1.82) is 0 Å². The van der Waals surface area contributed by atoms with Crippen molar-refractivity contribution in [2.45, 2.75) is 6.92 Å². The first-order valence-electron chi connectivity index (χ1n) is 4.39. The zero-order valence-corrected chi connectivity index (χ0v) is 7.69. The molecule has 1 aliphatic rings. The van der Waals surface area contributed by atoms with Crippen LogP contribution in [0, 0.1) is 5.41 Å². The first-order chi connectivity index (χ1) is 6.29. The molecule has 0 unspecified atom stereocenters. The van der Waals surface area contributed by atoms with Gasteiger partial charge in [0.05, 0.1) is 19.8 Å². The van der Waals surface area contributed by atoms with E-state index in [1.54, 1.807) is 12.4 Å². The fraction of sp³-hybridized carbons (Fsp3) is 0.500. The lowest BCUT2D eigenvalue weighted by molar-refractivity contribution is -0.120. The van der Waals surface area contributed by atoms with E-state index in [1.165, 1.54) is 0 Å². The van der Waals surface area contributed by atoms with Crippen LogP contribution in [0.25, 0.3) is 0 Å². The van der Waals surface area contributed by atoms with E-state index < -0.39 is 0 Å². The molecule has 0 saturated carbocycles. The van der Waals surface area contributed by atoms with E-state index in [-0.39, 0.29) is 5.41 Å². The second-order valence-corrected chi connectivity index (χ2v) is 3.78. The van der Waals surface area contributed by atoms with Crippen molar-refractivity contribution in [2.75, 3.05) is 19.8 Å². The number of hydrogen-bond acceptors (Lipinski definition) is 3. The second kappa shape index (κ2) is 3.34. The highest BCUT2D eigenvalue weighted by Crippen LogP contribution is 2.27. The summed E-state index contributed by atoms with van der Waals surface area (Å²) in [7, 11) is 0. The van der Waals surface area contributed by atoms with E-state index in [0.29, 0.717) is 0 Å². The van der Waals surface area contributed by atoms with Gasteiger partial charge < -0.3 is 9.47 Å². The van der Waals surface area contributed by atoms with E-state index in [9.17, 15) is 0 Å². The highest BCUT2D eigenvalue weighted by atomic mass is 16.5. The molecule has 0 N–H and O–H groups in total. The Morgan fingerprint density at radius 2 is 2.15 bits per heavy atom. The zero-order valence-electron chi connectivity index (χ0n) is 7.69. The van der Waals surface area contributed by atoms with Crippen LogP contribution in [0.4, 0.5) is 0 Å². The summed E-state index contributed by atoms with van der Waals surface area (Å²) in [6.45, 7) is 4.49. The van der Waals surface area contributed by atoms with Gasteiger partial charge in [-0.05, 0) is 12.1 Å². The summed E-state index contributed by atoms with van der Waals surface area (Å²) in [5, 5.41) is 0. The maximum atomic E-state index is 5.59. The highest BCUT2D eigenvalue weighted by molar-refractivity contribution is 5.16. The van der Waals surface area contributed by atoms with Crippen molar-refractivity contribution < 1.29 is 9.47 Å². The molecule has 0 atom stereocenters. The number of pyridine rings is 1. The van der Waals surface area contributed by atoms with E-state index in [4.69, 9.17) is 9.47 Å². The standard InChI is InChI=1S/C10H13NO2/c1-10(6-12-7-10)8-13-9-2-4-11-5-3-9/h2-5H,6-8H2,1H3. The maximum Gasteiger partial charge on any atom is 0.122 e. The quantitative estimate of drug-likeness (QED) is 0.704. The van der Waals surface area contributed by atoms with Crippen LogP contribution >= 0.6 is 0 Å². The van der Waals surface area contributed by atoms with Crippen molar-refractivity contribution in [3.8, 4) is 5.75 Å². The number of ether oxygens (including phenoxy) is 2. The largest absolute Gasteiger partial charge is 0.493 e.